The van der Waals surface area contributed by atoms with Crippen LogP contribution in [0.2, 0.25) is 5.28 Å². The normalized spacial score (nSPS) is 10.1. The molecule has 0 saturated carbocycles. The molecule has 21 heavy (non-hydrogen) atoms. The van der Waals surface area contributed by atoms with E-state index >= 15 is 0 Å². The van der Waals surface area contributed by atoms with E-state index in [0.29, 0.717) is 28.4 Å². The van der Waals surface area contributed by atoms with Crippen LogP contribution in [0.5, 0.6) is 17.2 Å². The standard InChI is InChI=1S/C14H13ClN2O4/c1-19-10-4-8(5-11(20-2)13(10)21-3)12(18)9-6-16-14(15)17-7-9/h4-7H,1-3H3. The van der Waals surface area contributed by atoms with E-state index in [2.05, 4.69) is 9.97 Å². The third-order valence-electron chi connectivity index (χ3n) is 2.81. The van der Waals surface area contributed by atoms with Gasteiger partial charge < -0.3 is 14.2 Å². The van der Waals surface area contributed by atoms with E-state index in [1.165, 1.54) is 33.7 Å². The van der Waals surface area contributed by atoms with Gasteiger partial charge in [0.1, 0.15) is 0 Å². The first-order valence-electron chi connectivity index (χ1n) is 5.93. The Hall–Kier alpha value is -2.34. The highest BCUT2D eigenvalue weighted by Crippen LogP contribution is 2.38. The van der Waals surface area contributed by atoms with Crippen LogP contribution in [0, 0.1) is 0 Å². The van der Waals surface area contributed by atoms with Crippen LogP contribution in [0.15, 0.2) is 24.5 Å². The summed E-state index contributed by atoms with van der Waals surface area (Å²) in [4.78, 5) is 20.0. The molecule has 0 atom stereocenters. The van der Waals surface area contributed by atoms with E-state index < -0.39 is 0 Å². The Kier molecular flexibility index (Phi) is 4.59. The minimum atomic E-state index is -0.272. The van der Waals surface area contributed by atoms with Crippen LogP contribution in [-0.2, 0) is 0 Å². The van der Waals surface area contributed by atoms with Crippen molar-refractivity contribution < 1.29 is 19.0 Å². The number of hydrogen-bond acceptors (Lipinski definition) is 6. The van der Waals surface area contributed by atoms with E-state index in [9.17, 15) is 4.79 Å². The molecule has 0 bridgehead atoms. The maximum Gasteiger partial charge on any atom is 0.222 e. The van der Waals surface area contributed by atoms with Gasteiger partial charge in [-0.1, -0.05) is 0 Å². The van der Waals surface area contributed by atoms with Gasteiger partial charge in [0, 0.05) is 18.0 Å². The fourth-order valence-electron chi connectivity index (χ4n) is 1.81. The fraction of sp³-hybridized carbons (Fsp3) is 0.214. The molecule has 0 spiro atoms. The summed E-state index contributed by atoms with van der Waals surface area (Å²) in [5, 5.41) is 0.0800. The summed E-state index contributed by atoms with van der Waals surface area (Å²) in [5.74, 6) is 0.944. The molecule has 2 rings (SSSR count). The highest BCUT2D eigenvalue weighted by atomic mass is 35.5. The maximum atomic E-state index is 12.4. The highest BCUT2D eigenvalue weighted by Gasteiger charge is 2.18. The summed E-state index contributed by atoms with van der Waals surface area (Å²) < 4.78 is 15.6. The van der Waals surface area contributed by atoms with Gasteiger partial charge in [0.05, 0.1) is 26.9 Å². The van der Waals surface area contributed by atoms with Crippen molar-refractivity contribution in [2.75, 3.05) is 21.3 Å². The van der Waals surface area contributed by atoms with Crippen molar-refractivity contribution in [1.82, 2.24) is 9.97 Å². The molecule has 1 aromatic carbocycles. The van der Waals surface area contributed by atoms with E-state index in [4.69, 9.17) is 25.8 Å². The summed E-state index contributed by atoms with van der Waals surface area (Å²) in [6.45, 7) is 0. The molecule has 6 nitrogen and oxygen atoms in total. The van der Waals surface area contributed by atoms with Crippen molar-refractivity contribution in [3.63, 3.8) is 0 Å². The minimum absolute atomic E-state index is 0.0800. The lowest BCUT2D eigenvalue weighted by molar-refractivity contribution is 0.103. The predicted molar refractivity (Wildman–Crippen MR) is 76.6 cm³/mol. The maximum absolute atomic E-state index is 12.4. The molecular weight excluding hydrogens is 296 g/mol. The average molecular weight is 309 g/mol. The second-order valence-corrected chi connectivity index (χ2v) is 4.32. The zero-order valence-electron chi connectivity index (χ0n) is 11.7. The molecule has 2 aromatic rings. The van der Waals surface area contributed by atoms with Crippen molar-refractivity contribution in [3.05, 3.63) is 40.9 Å². The van der Waals surface area contributed by atoms with Crippen molar-refractivity contribution >= 4 is 17.4 Å². The van der Waals surface area contributed by atoms with Crippen LogP contribution in [0.1, 0.15) is 15.9 Å². The molecule has 0 aliphatic carbocycles. The molecule has 0 aliphatic heterocycles. The molecule has 0 radical (unpaired) electrons. The van der Waals surface area contributed by atoms with Gasteiger partial charge in [0.2, 0.25) is 11.0 Å². The summed E-state index contributed by atoms with van der Waals surface area (Å²) in [7, 11) is 4.46. The number of halogens is 1. The smallest absolute Gasteiger partial charge is 0.222 e. The Morgan fingerprint density at radius 3 is 1.90 bits per heavy atom. The minimum Gasteiger partial charge on any atom is -0.493 e. The van der Waals surface area contributed by atoms with E-state index in [-0.39, 0.29) is 11.1 Å². The van der Waals surface area contributed by atoms with Gasteiger partial charge >= 0.3 is 0 Å². The molecule has 1 heterocycles. The van der Waals surface area contributed by atoms with Crippen LogP contribution < -0.4 is 14.2 Å². The number of nitrogens with zero attached hydrogens (tertiary/aromatic N) is 2. The largest absolute Gasteiger partial charge is 0.493 e. The van der Waals surface area contributed by atoms with Crippen molar-refractivity contribution in [2.24, 2.45) is 0 Å². The molecule has 0 aliphatic rings. The summed E-state index contributed by atoms with van der Waals surface area (Å²) in [6.07, 6.45) is 2.72. The van der Waals surface area contributed by atoms with Crippen LogP contribution in [-0.4, -0.2) is 37.1 Å². The predicted octanol–water partition coefficient (Wildman–Crippen LogP) is 2.39. The van der Waals surface area contributed by atoms with Gasteiger partial charge in [0.15, 0.2) is 17.3 Å². The lowest BCUT2D eigenvalue weighted by Crippen LogP contribution is -2.05. The van der Waals surface area contributed by atoms with Gasteiger partial charge in [-0.3, -0.25) is 4.79 Å². The summed E-state index contributed by atoms with van der Waals surface area (Å²) >= 11 is 5.61. The molecule has 0 unspecified atom stereocenters. The van der Waals surface area contributed by atoms with Gasteiger partial charge in [-0.2, -0.15) is 0 Å². The Balaban J connectivity index is 2.48. The first-order chi connectivity index (χ1) is 10.1. The lowest BCUT2D eigenvalue weighted by Gasteiger charge is -2.13. The van der Waals surface area contributed by atoms with Crippen molar-refractivity contribution in [2.45, 2.75) is 0 Å². The van der Waals surface area contributed by atoms with Crippen molar-refractivity contribution in [1.29, 1.82) is 0 Å². The number of ketones is 1. The third kappa shape index (κ3) is 3.05. The van der Waals surface area contributed by atoms with E-state index in [0.717, 1.165) is 0 Å². The molecular formula is C14H13ClN2O4. The molecule has 0 amide bonds. The topological polar surface area (TPSA) is 70.5 Å². The Morgan fingerprint density at radius 2 is 1.48 bits per heavy atom. The van der Waals surface area contributed by atoms with Crippen LogP contribution in [0.3, 0.4) is 0 Å². The summed E-state index contributed by atoms with van der Waals surface area (Å²) in [5.41, 5.74) is 0.684. The average Bonchev–Trinajstić information content (AvgIpc) is 2.53. The fourth-order valence-corrected chi connectivity index (χ4v) is 1.91. The van der Waals surface area contributed by atoms with Gasteiger partial charge in [-0.25, -0.2) is 9.97 Å². The SMILES string of the molecule is COc1cc(C(=O)c2cnc(Cl)nc2)cc(OC)c1OC. The van der Waals surface area contributed by atoms with Gasteiger partial charge in [-0.15, -0.1) is 0 Å². The zero-order valence-corrected chi connectivity index (χ0v) is 12.5. The quantitative estimate of drug-likeness (QED) is 0.624. The zero-order chi connectivity index (χ0) is 15.4. The first kappa shape index (κ1) is 15.1. The molecule has 1 aromatic heterocycles. The van der Waals surface area contributed by atoms with Crippen LogP contribution >= 0.6 is 11.6 Å². The number of aromatic nitrogens is 2. The second-order valence-electron chi connectivity index (χ2n) is 3.98. The molecule has 110 valence electrons. The van der Waals surface area contributed by atoms with Crippen molar-refractivity contribution in [3.8, 4) is 17.2 Å². The second kappa shape index (κ2) is 6.41. The molecule has 0 saturated heterocycles. The molecule has 7 heteroatoms. The Morgan fingerprint density at radius 1 is 0.952 bits per heavy atom. The Labute approximate surface area is 126 Å². The molecule has 0 fully saturated rings. The van der Waals surface area contributed by atoms with E-state index in [1.54, 1.807) is 12.1 Å². The third-order valence-corrected chi connectivity index (χ3v) is 3.00. The number of methoxy groups -OCH3 is 3. The van der Waals surface area contributed by atoms with Gasteiger partial charge in [-0.05, 0) is 23.7 Å². The van der Waals surface area contributed by atoms with Crippen LogP contribution in [0.25, 0.3) is 0 Å². The number of benzene rings is 1. The van der Waals surface area contributed by atoms with Gasteiger partial charge in [0.25, 0.3) is 0 Å². The number of ether oxygens (including phenoxy) is 3. The first-order valence-corrected chi connectivity index (χ1v) is 6.30. The number of hydrogen-bond donors (Lipinski definition) is 0. The number of rotatable bonds is 5. The van der Waals surface area contributed by atoms with Crippen LogP contribution in [0.4, 0.5) is 0 Å². The summed E-state index contributed by atoms with van der Waals surface area (Å²) in [6, 6.07) is 3.14. The highest BCUT2D eigenvalue weighted by molar-refractivity contribution is 6.28. The number of carbonyl (C=O) groups is 1. The lowest BCUT2D eigenvalue weighted by atomic mass is 10.0. The number of carbonyl (C=O) groups excluding carboxylic acids is 1. The van der Waals surface area contributed by atoms with E-state index in [1.807, 2.05) is 0 Å². The molecule has 0 N–H and O–H groups in total. The Bertz CT molecular complexity index is 634. The monoisotopic (exact) mass is 308 g/mol.